The van der Waals surface area contributed by atoms with Crippen LogP contribution < -0.4 is 0 Å². The van der Waals surface area contributed by atoms with E-state index in [0.717, 1.165) is 0 Å². The molecule has 0 fully saturated rings. The highest BCUT2D eigenvalue weighted by atomic mass is 127. The average Bonchev–Trinajstić information content (AvgIpc) is 2.45. The smallest absolute Gasteiger partial charge is 0.393 e. The predicted molar refractivity (Wildman–Crippen MR) is 96.7 cm³/mol. The van der Waals surface area contributed by atoms with Crippen molar-refractivity contribution in [3.63, 3.8) is 0 Å². The molecule has 0 aromatic heterocycles. The van der Waals surface area contributed by atoms with Crippen molar-refractivity contribution in [1.29, 1.82) is 0 Å². The summed E-state index contributed by atoms with van der Waals surface area (Å²) in [6.45, 7) is 1.27. The van der Waals surface area contributed by atoms with E-state index < -0.39 is 24.2 Å². The normalized spacial score (nSPS) is 14.1. The van der Waals surface area contributed by atoms with Gasteiger partial charge in [0.25, 0.3) is 0 Å². The van der Waals surface area contributed by atoms with E-state index >= 15 is 0 Å². The highest BCUT2D eigenvalue weighted by Crippen LogP contribution is 2.39. The van der Waals surface area contributed by atoms with Gasteiger partial charge in [0.2, 0.25) is 0 Å². The Morgan fingerprint density at radius 3 is 2.42 bits per heavy atom. The molecule has 2 aromatic rings. The summed E-state index contributed by atoms with van der Waals surface area (Å²) in [7, 11) is 0. The van der Waals surface area contributed by atoms with Gasteiger partial charge in [0.05, 0.1) is 12.0 Å². The zero-order chi connectivity index (χ0) is 18.0. The third kappa shape index (κ3) is 4.95. The van der Waals surface area contributed by atoms with E-state index in [9.17, 15) is 18.0 Å². The second kappa shape index (κ2) is 7.43. The summed E-state index contributed by atoms with van der Waals surface area (Å²) in [5.41, 5.74) is -1.31. The monoisotopic (exact) mass is 512 g/mol. The molecule has 0 amide bonds. The molecule has 1 unspecified atom stereocenters. The van der Waals surface area contributed by atoms with Gasteiger partial charge in [0, 0.05) is 8.04 Å². The van der Waals surface area contributed by atoms with Crippen LogP contribution in [0, 0.1) is 3.57 Å². The molecule has 2 aromatic carbocycles. The first kappa shape index (κ1) is 19.2. The van der Waals surface area contributed by atoms with Crippen molar-refractivity contribution in [1.82, 2.24) is 0 Å². The Morgan fingerprint density at radius 2 is 1.83 bits per heavy atom. The van der Waals surface area contributed by atoms with Crippen molar-refractivity contribution in [3.8, 4) is 0 Å². The maximum Gasteiger partial charge on any atom is 0.393 e. The number of hydrogen-bond acceptors (Lipinski definition) is 2. The highest BCUT2D eigenvalue weighted by molar-refractivity contribution is 14.1. The summed E-state index contributed by atoms with van der Waals surface area (Å²) in [4.78, 5) is 12.4. The minimum Gasteiger partial charge on any atom is -0.450 e. The van der Waals surface area contributed by atoms with E-state index in [-0.39, 0.29) is 11.1 Å². The van der Waals surface area contributed by atoms with Crippen LogP contribution in [0.3, 0.4) is 0 Å². The molecule has 24 heavy (non-hydrogen) atoms. The molecule has 0 aliphatic rings. The topological polar surface area (TPSA) is 26.3 Å². The standard InChI is InChI=1S/C17H13BrF3IO2/c1-16(10-17(19,20)21,11-5-4-6-12(18)9-11)24-15(23)13-7-2-3-8-14(13)22/h2-9H,10H2,1H3. The third-order valence-electron chi connectivity index (χ3n) is 3.38. The summed E-state index contributed by atoms with van der Waals surface area (Å²) in [5.74, 6) is -0.785. The van der Waals surface area contributed by atoms with Crippen molar-refractivity contribution < 1.29 is 22.7 Å². The number of benzene rings is 2. The van der Waals surface area contributed by atoms with Gasteiger partial charge in [-0.2, -0.15) is 13.2 Å². The van der Waals surface area contributed by atoms with Gasteiger partial charge in [-0.1, -0.05) is 40.2 Å². The second-order valence-electron chi connectivity index (χ2n) is 5.40. The lowest BCUT2D eigenvalue weighted by atomic mass is 9.91. The molecule has 7 heteroatoms. The molecule has 0 heterocycles. The predicted octanol–water partition coefficient (Wildman–Crippen LogP) is 6.08. The molecule has 0 aliphatic carbocycles. The molecule has 2 rings (SSSR count). The molecule has 0 saturated heterocycles. The lowest BCUT2D eigenvalue weighted by Gasteiger charge is -2.31. The van der Waals surface area contributed by atoms with Gasteiger partial charge in [-0.25, -0.2) is 4.79 Å². The zero-order valence-electron chi connectivity index (χ0n) is 12.5. The van der Waals surface area contributed by atoms with E-state index in [4.69, 9.17) is 4.74 Å². The van der Waals surface area contributed by atoms with Crippen LogP contribution in [0.2, 0.25) is 0 Å². The third-order valence-corrected chi connectivity index (χ3v) is 4.82. The molecule has 0 bridgehead atoms. The fourth-order valence-electron chi connectivity index (χ4n) is 2.28. The Hall–Kier alpha value is -1.09. The van der Waals surface area contributed by atoms with Crippen molar-refractivity contribution in [3.05, 3.63) is 67.7 Å². The average molecular weight is 513 g/mol. The molecule has 0 radical (unpaired) electrons. The van der Waals surface area contributed by atoms with Crippen molar-refractivity contribution >= 4 is 44.5 Å². The fraction of sp³-hybridized carbons (Fsp3) is 0.235. The van der Waals surface area contributed by atoms with E-state index in [1.54, 1.807) is 30.3 Å². The molecule has 0 saturated carbocycles. The van der Waals surface area contributed by atoms with Gasteiger partial charge in [0.15, 0.2) is 0 Å². The van der Waals surface area contributed by atoms with Gasteiger partial charge in [-0.15, -0.1) is 0 Å². The number of hydrogen-bond donors (Lipinski definition) is 0. The summed E-state index contributed by atoms with van der Waals surface area (Å²) >= 11 is 5.18. The maximum atomic E-state index is 13.1. The van der Waals surface area contributed by atoms with Crippen LogP contribution in [0.5, 0.6) is 0 Å². The SMILES string of the molecule is CC(CC(F)(F)F)(OC(=O)c1ccccc1I)c1cccc(Br)c1. The maximum absolute atomic E-state index is 13.1. The number of carbonyl (C=O) groups excluding carboxylic acids is 1. The molecule has 0 aliphatic heterocycles. The van der Waals surface area contributed by atoms with Crippen molar-refractivity contribution in [2.45, 2.75) is 25.1 Å². The van der Waals surface area contributed by atoms with Crippen molar-refractivity contribution in [2.24, 2.45) is 0 Å². The first-order valence-corrected chi connectivity index (χ1v) is 8.78. The van der Waals surface area contributed by atoms with Crippen LogP contribution in [0.1, 0.15) is 29.3 Å². The first-order valence-electron chi connectivity index (χ1n) is 6.91. The van der Waals surface area contributed by atoms with E-state index in [2.05, 4.69) is 15.9 Å². The molecule has 1 atom stereocenters. The van der Waals surface area contributed by atoms with Crippen LogP contribution in [0.15, 0.2) is 53.0 Å². The van der Waals surface area contributed by atoms with Gasteiger partial charge < -0.3 is 4.74 Å². The number of halogens is 5. The Balaban J connectivity index is 2.40. The van der Waals surface area contributed by atoms with Gasteiger partial charge >= 0.3 is 12.1 Å². The van der Waals surface area contributed by atoms with Crippen LogP contribution in [0.25, 0.3) is 0 Å². The van der Waals surface area contributed by atoms with E-state index in [0.29, 0.717) is 8.04 Å². The van der Waals surface area contributed by atoms with Gasteiger partial charge in [-0.05, 0) is 59.3 Å². The number of ether oxygens (including phenoxy) is 1. The van der Waals surface area contributed by atoms with Gasteiger partial charge in [0.1, 0.15) is 5.60 Å². The Bertz CT molecular complexity index is 749. The van der Waals surface area contributed by atoms with E-state index in [1.807, 2.05) is 22.6 Å². The molecular formula is C17H13BrF3IO2. The number of esters is 1. The first-order chi connectivity index (χ1) is 11.1. The fourth-order valence-corrected chi connectivity index (χ4v) is 3.29. The number of rotatable bonds is 4. The minimum absolute atomic E-state index is 0.237. The zero-order valence-corrected chi connectivity index (χ0v) is 16.3. The van der Waals surface area contributed by atoms with Crippen molar-refractivity contribution in [2.75, 3.05) is 0 Å². The highest BCUT2D eigenvalue weighted by Gasteiger charge is 2.43. The summed E-state index contributed by atoms with van der Waals surface area (Å²) in [5, 5.41) is 0. The van der Waals surface area contributed by atoms with E-state index in [1.165, 1.54) is 25.1 Å². The molecular weight excluding hydrogens is 500 g/mol. The lowest BCUT2D eigenvalue weighted by Crippen LogP contribution is -2.34. The Kier molecular flexibility index (Phi) is 5.95. The Labute approximate surface area is 159 Å². The summed E-state index contributed by atoms with van der Waals surface area (Å²) in [6, 6.07) is 12.9. The largest absolute Gasteiger partial charge is 0.450 e. The second-order valence-corrected chi connectivity index (χ2v) is 7.48. The van der Waals surface area contributed by atoms with Crippen LogP contribution in [-0.4, -0.2) is 12.1 Å². The van der Waals surface area contributed by atoms with Crippen LogP contribution >= 0.6 is 38.5 Å². The van der Waals surface area contributed by atoms with Crippen LogP contribution in [0.4, 0.5) is 13.2 Å². The molecule has 0 spiro atoms. The number of carbonyl (C=O) groups is 1. The quantitative estimate of drug-likeness (QED) is 0.366. The Morgan fingerprint density at radius 1 is 1.17 bits per heavy atom. The molecule has 128 valence electrons. The summed E-state index contributed by atoms with van der Waals surface area (Å²) in [6.07, 6.45) is -5.76. The lowest BCUT2D eigenvalue weighted by molar-refractivity contribution is -0.175. The van der Waals surface area contributed by atoms with Crippen LogP contribution in [-0.2, 0) is 10.3 Å². The molecule has 0 N–H and O–H groups in total. The summed E-state index contributed by atoms with van der Waals surface area (Å²) < 4.78 is 45.8. The van der Waals surface area contributed by atoms with Gasteiger partial charge in [-0.3, -0.25) is 0 Å². The molecule has 2 nitrogen and oxygen atoms in total. The number of alkyl halides is 3. The minimum atomic E-state index is -4.48.